The molecule has 0 aromatic carbocycles. The number of carboxylic acids is 1. The van der Waals surface area contributed by atoms with Crippen molar-refractivity contribution in [3.8, 4) is 0 Å². The molecule has 0 aromatic rings. The Bertz CT molecular complexity index is 231. The van der Waals surface area contributed by atoms with E-state index in [0.717, 1.165) is 12.8 Å². The summed E-state index contributed by atoms with van der Waals surface area (Å²) in [6.07, 6.45) is 2.82. The summed E-state index contributed by atoms with van der Waals surface area (Å²) in [4.78, 5) is 22.3. The zero-order valence-corrected chi connectivity index (χ0v) is 10.0. The third-order valence-electron chi connectivity index (χ3n) is 2.45. The first-order valence-electron chi connectivity index (χ1n) is 5.79. The molecule has 94 valence electrons. The predicted octanol–water partition coefficient (Wildman–Crippen LogP) is 0.731. The van der Waals surface area contributed by atoms with Gasteiger partial charge in [0.25, 0.3) is 0 Å². The second-order valence-corrected chi connectivity index (χ2v) is 3.96. The van der Waals surface area contributed by atoms with Crippen molar-refractivity contribution in [1.29, 1.82) is 0 Å². The third kappa shape index (κ3) is 5.70. The van der Waals surface area contributed by atoms with E-state index in [0.29, 0.717) is 12.8 Å². The minimum Gasteiger partial charge on any atom is -0.481 e. The zero-order valence-electron chi connectivity index (χ0n) is 10.0. The first-order chi connectivity index (χ1) is 7.52. The minimum atomic E-state index is -0.869. The van der Waals surface area contributed by atoms with Crippen molar-refractivity contribution in [3.63, 3.8) is 0 Å². The number of hydrogen-bond acceptors (Lipinski definition) is 3. The molecule has 4 N–H and O–H groups in total. The summed E-state index contributed by atoms with van der Waals surface area (Å²) < 4.78 is 0. The number of nitrogens with one attached hydrogen (secondary N) is 1. The van der Waals surface area contributed by atoms with E-state index >= 15 is 0 Å². The van der Waals surface area contributed by atoms with Crippen LogP contribution in [0.1, 0.15) is 39.5 Å². The Labute approximate surface area is 96.4 Å². The molecule has 0 rings (SSSR count). The van der Waals surface area contributed by atoms with Crippen LogP contribution in [-0.4, -0.2) is 29.6 Å². The molecule has 0 aliphatic rings. The largest absolute Gasteiger partial charge is 0.481 e. The highest BCUT2D eigenvalue weighted by molar-refractivity contribution is 5.82. The number of hydrogen-bond donors (Lipinski definition) is 3. The molecule has 0 heterocycles. The molecule has 5 heteroatoms. The van der Waals surface area contributed by atoms with Gasteiger partial charge in [0.05, 0.1) is 12.0 Å². The molecule has 0 bridgehead atoms. The van der Waals surface area contributed by atoms with E-state index in [-0.39, 0.29) is 12.5 Å². The van der Waals surface area contributed by atoms with E-state index in [2.05, 4.69) is 5.32 Å². The van der Waals surface area contributed by atoms with E-state index in [1.54, 1.807) is 0 Å². The number of nitrogens with two attached hydrogens (primary N) is 1. The van der Waals surface area contributed by atoms with E-state index in [1.807, 2.05) is 13.8 Å². The van der Waals surface area contributed by atoms with Crippen LogP contribution >= 0.6 is 0 Å². The van der Waals surface area contributed by atoms with Gasteiger partial charge in [-0.2, -0.15) is 0 Å². The van der Waals surface area contributed by atoms with Gasteiger partial charge in [0.15, 0.2) is 0 Å². The van der Waals surface area contributed by atoms with Crippen LogP contribution < -0.4 is 11.1 Å². The number of carbonyl (C=O) groups excluding carboxylic acids is 1. The zero-order chi connectivity index (χ0) is 12.6. The lowest BCUT2D eigenvalue weighted by Gasteiger charge is -2.15. The van der Waals surface area contributed by atoms with Gasteiger partial charge in [-0.15, -0.1) is 0 Å². The number of aliphatic carboxylic acids is 1. The van der Waals surface area contributed by atoms with Crippen molar-refractivity contribution in [1.82, 2.24) is 5.32 Å². The van der Waals surface area contributed by atoms with Crippen LogP contribution in [0.4, 0.5) is 0 Å². The van der Waals surface area contributed by atoms with Gasteiger partial charge in [-0.3, -0.25) is 9.59 Å². The average molecular weight is 230 g/mol. The van der Waals surface area contributed by atoms with Crippen molar-refractivity contribution in [2.75, 3.05) is 6.54 Å². The monoisotopic (exact) mass is 230 g/mol. The molecule has 5 nitrogen and oxygen atoms in total. The van der Waals surface area contributed by atoms with E-state index < -0.39 is 17.9 Å². The second kappa shape index (κ2) is 8.10. The Morgan fingerprint density at radius 3 is 2.25 bits per heavy atom. The predicted molar refractivity (Wildman–Crippen MR) is 61.9 cm³/mol. The third-order valence-corrected chi connectivity index (χ3v) is 2.45. The molecule has 0 spiro atoms. The van der Waals surface area contributed by atoms with Crippen LogP contribution in [-0.2, 0) is 9.59 Å². The van der Waals surface area contributed by atoms with Gasteiger partial charge in [0.2, 0.25) is 5.91 Å². The highest BCUT2D eigenvalue weighted by Crippen LogP contribution is 2.05. The van der Waals surface area contributed by atoms with Crippen LogP contribution in [0.25, 0.3) is 0 Å². The van der Waals surface area contributed by atoms with Gasteiger partial charge < -0.3 is 16.2 Å². The van der Waals surface area contributed by atoms with Crippen LogP contribution in [0.2, 0.25) is 0 Å². The van der Waals surface area contributed by atoms with Crippen molar-refractivity contribution >= 4 is 11.9 Å². The second-order valence-electron chi connectivity index (χ2n) is 3.96. The molecule has 0 saturated carbocycles. The number of rotatable bonds is 8. The summed E-state index contributed by atoms with van der Waals surface area (Å²) in [6, 6.07) is -0.527. The van der Waals surface area contributed by atoms with Crippen molar-refractivity contribution in [2.24, 2.45) is 11.7 Å². The summed E-state index contributed by atoms with van der Waals surface area (Å²) in [6.45, 7) is 4.03. The standard InChI is InChI=1S/C11H22N2O3/c1-3-5-8(11(15)16)7-13-10(14)9(12)6-4-2/h8-9H,3-7,12H2,1-2H3,(H,13,14)(H,15,16). The van der Waals surface area contributed by atoms with Gasteiger partial charge in [-0.1, -0.05) is 26.7 Å². The van der Waals surface area contributed by atoms with Gasteiger partial charge >= 0.3 is 5.97 Å². The number of amides is 1. The Kier molecular flexibility index (Phi) is 7.54. The molecule has 0 saturated heterocycles. The maximum Gasteiger partial charge on any atom is 0.308 e. The molecule has 16 heavy (non-hydrogen) atoms. The fourth-order valence-corrected chi connectivity index (χ4v) is 1.46. The molecule has 0 fully saturated rings. The lowest BCUT2D eigenvalue weighted by atomic mass is 10.0. The summed E-state index contributed by atoms with van der Waals surface area (Å²) >= 11 is 0. The van der Waals surface area contributed by atoms with Crippen molar-refractivity contribution in [3.05, 3.63) is 0 Å². The maximum absolute atomic E-state index is 11.4. The Hall–Kier alpha value is -1.10. The van der Waals surface area contributed by atoms with E-state index in [4.69, 9.17) is 10.8 Å². The lowest BCUT2D eigenvalue weighted by molar-refractivity contribution is -0.142. The van der Waals surface area contributed by atoms with E-state index in [1.165, 1.54) is 0 Å². The minimum absolute atomic E-state index is 0.166. The average Bonchev–Trinajstić information content (AvgIpc) is 2.23. The molecule has 2 unspecified atom stereocenters. The highest BCUT2D eigenvalue weighted by Gasteiger charge is 2.19. The molecular weight excluding hydrogens is 208 g/mol. The quantitative estimate of drug-likeness (QED) is 0.573. The smallest absolute Gasteiger partial charge is 0.308 e. The number of carbonyl (C=O) groups is 2. The summed E-state index contributed by atoms with van der Waals surface area (Å²) in [5.41, 5.74) is 5.60. The first kappa shape index (κ1) is 14.9. The fourth-order valence-electron chi connectivity index (χ4n) is 1.46. The van der Waals surface area contributed by atoms with Crippen molar-refractivity contribution < 1.29 is 14.7 Å². The maximum atomic E-state index is 11.4. The van der Waals surface area contributed by atoms with Crippen molar-refractivity contribution in [2.45, 2.75) is 45.6 Å². The van der Waals surface area contributed by atoms with E-state index in [9.17, 15) is 9.59 Å². The summed E-state index contributed by atoms with van der Waals surface area (Å²) in [7, 11) is 0. The highest BCUT2D eigenvalue weighted by atomic mass is 16.4. The molecule has 0 aliphatic carbocycles. The lowest BCUT2D eigenvalue weighted by Crippen LogP contribution is -2.43. The molecule has 0 radical (unpaired) electrons. The van der Waals surface area contributed by atoms with Gasteiger partial charge in [-0.05, 0) is 12.8 Å². The van der Waals surface area contributed by atoms with Gasteiger partial charge in [0.1, 0.15) is 0 Å². The van der Waals surface area contributed by atoms with Crippen LogP contribution in [0, 0.1) is 5.92 Å². The Balaban J connectivity index is 4.00. The number of carboxylic acid groups (broad SMARTS) is 1. The molecule has 2 atom stereocenters. The molecule has 1 amide bonds. The first-order valence-corrected chi connectivity index (χ1v) is 5.79. The van der Waals surface area contributed by atoms with Gasteiger partial charge in [0, 0.05) is 6.54 Å². The van der Waals surface area contributed by atoms with Crippen LogP contribution in [0.5, 0.6) is 0 Å². The van der Waals surface area contributed by atoms with Gasteiger partial charge in [-0.25, -0.2) is 0 Å². The molecule has 0 aromatic heterocycles. The van der Waals surface area contributed by atoms with Crippen LogP contribution in [0.3, 0.4) is 0 Å². The van der Waals surface area contributed by atoms with Crippen LogP contribution in [0.15, 0.2) is 0 Å². The topological polar surface area (TPSA) is 92.4 Å². The normalized spacial score (nSPS) is 14.2. The summed E-state index contributed by atoms with van der Waals surface area (Å²) in [5.74, 6) is -1.64. The fraction of sp³-hybridized carbons (Fsp3) is 0.818. The Morgan fingerprint density at radius 1 is 1.25 bits per heavy atom. The summed E-state index contributed by atoms with van der Waals surface area (Å²) in [5, 5.41) is 11.5. The SMILES string of the molecule is CCCC(N)C(=O)NCC(CCC)C(=O)O. The molecule has 0 aliphatic heterocycles. The molecular formula is C11H22N2O3. The Morgan fingerprint density at radius 2 is 1.81 bits per heavy atom.